The van der Waals surface area contributed by atoms with Crippen molar-refractivity contribution in [3.8, 4) is 10.6 Å². The number of thiophene rings is 1. The summed E-state index contributed by atoms with van der Waals surface area (Å²) in [4.78, 5) is 21.9. The van der Waals surface area contributed by atoms with Gasteiger partial charge in [-0.15, -0.1) is 11.3 Å². The summed E-state index contributed by atoms with van der Waals surface area (Å²) in [7, 11) is 0. The van der Waals surface area contributed by atoms with Gasteiger partial charge in [-0.1, -0.05) is 6.07 Å². The molecule has 0 unspecified atom stereocenters. The predicted molar refractivity (Wildman–Crippen MR) is 91.5 cm³/mol. The second kappa shape index (κ2) is 7.19. The molecule has 0 aromatic carbocycles. The van der Waals surface area contributed by atoms with Crippen molar-refractivity contribution in [1.29, 1.82) is 0 Å². The van der Waals surface area contributed by atoms with Crippen LogP contribution in [0.2, 0.25) is 0 Å². The third-order valence-corrected chi connectivity index (χ3v) is 4.43. The zero-order valence-electron chi connectivity index (χ0n) is 12.9. The third-order valence-electron chi connectivity index (χ3n) is 3.54. The number of carbonyl (C=O) groups is 1. The largest absolute Gasteiger partial charge is 0.352 e. The maximum Gasteiger partial charge on any atom is 0.253 e. The first kappa shape index (κ1) is 15.4. The maximum absolute atomic E-state index is 12.3. The van der Waals surface area contributed by atoms with Gasteiger partial charge in [0.25, 0.3) is 5.91 Å². The zero-order chi connectivity index (χ0) is 16.1. The molecule has 3 heterocycles. The van der Waals surface area contributed by atoms with Crippen LogP contribution in [-0.2, 0) is 6.54 Å². The normalized spacial score (nSPS) is 10.7. The number of nitrogens with zero attached hydrogens (tertiary/aromatic N) is 3. The highest BCUT2D eigenvalue weighted by Crippen LogP contribution is 2.23. The monoisotopic (exact) mass is 326 g/mol. The van der Waals surface area contributed by atoms with Gasteiger partial charge in [0.2, 0.25) is 0 Å². The van der Waals surface area contributed by atoms with Crippen LogP contribution in [0.1, 0.15) is 22.5 Å². The Labute approximate surface area is 139 Å². The number of hydrogen-bond donors (Lipinski definition) is 1. The Morgan fingerprint density at radius 2 is 2.26 bits per heavy atom. The molecular weight excluding hydrogens is 308 g/mol. The Morgan fingerprint density at radius 1 is 1.35 bits per heavy atom. The van der Waals surface area contributed by atoms with Gasteiger partial charge < -0.3 is 9.88 Å². The van der Waals surface area contributed by atoms with E-state index >= 15 is 0 Å². The van der Waals surface area contributed by atoms with E-state index in [0.29, 0.717) is 12.1 Å². The van der Waals surface area contributed by atoms with Crippen molar-refractivity contribution in [3.05, 3.63) is 59.6 Å². The molecule has 0 saturated carbocycles. The summed E-state index contributed by atoms with van der Waals surface area (Å²) in [5.41, 5.74) is 2.30. The number of imidazole rings is 1. The number of amides is 1. The summed E-state index contributed by atoms with van der Waals surface area (Å²) in [6.45, 7) is 3.34. The molecule has 0 aliphatic rings. The lowest BCUT2D eigenvalue weighted by atomic mass is 10.1. The Bertz CT molecular complexity index is 766. The Hall–Kier alpha value is -2.47. The van der Waals surface area contributed by atoms with E-state index in [-0.39, 0.29) is 5.91 Å². The molecule has 6 heteroatoms. The van der Waals surface area contributed by atoms with Gasteiger partial charge in [0.05, 0.1) is 28.2 Å². The van der Waals surface area contributed by atoms with Crippen molar-refractivity contribution >= 4 is 17.2 Å². The standard InChI is InChI=1S/C17H18N4OS/c1-13-14(5-6-15(20-13)16-4-2-11-23-16)17(22)19-7-3-9-21-10-8-18-12-21/h2,4-6,8,10-12H,3,7,9H2,1H3,(H,19,22). The number of nitrogens with one attached hydrogen (secondary N) is 1. The first-order valence-corrected chi connectivity index (χ1v) is 8.37. The van der Waals surface area contributed by atoms with Crippen molar-refractivity contribution in [2.75, 3.05) is 6.54 Å². The second-order valence-electron chi connectivity index (χ2n) is 5.22. The average Bonchev–Trinajstić information content (AvgIpc) is 3.24. The van der Waals surface area contributed by atoms with E-state index in [9.17, 15) is 4.79 Å². The fourth-order valence-corrected chi connectivity index (χ4v) is 3.04. The van der Waals surface area contributed by atoms with Crippen LogP contribution in [0, 0.1) is 6.92 Å². The summed E-state index contributed by atoms with van der Waals surface area (Å²) in [5, 5.41) is 4.97. The molecular formula is C17H18N4OS. The zero-order valence-corrected chi connectivity index (χ0v) is 13.7. The van der Waals surface area contributed by atoms with Crippen LogP contribution in [0.4, 0.5) is 0 Å². The fourth-order valence-electron chi connectivity index (χ4n) is 2.34. The molecule has 5 nitrogen and oxygen atoms in total. The van der Waals surface area contributed by atoms with Crippen molar-refractivity contribution in [2.45, 2.75) is 19.9 Å². The first-order valence-electron chi connectivity index (χ1n) is 7.49. The molecule has 0 spiro atoms. The summed E-state index contributed by atoms with van der Waals surface area (Å²) in [6.07, 6.45) is 6.31. The highest BCUT2D eigenvalue weighted by atomic mass is 32.1. The van der Waals surface area contributed by atoms with Gasteiger partial charge in [0.1, 0.15) is 0 Å². The van der Waals surface area contributed by atoms with Gasteiger partial charge >= 0.3 is 0 Å². The molecule has 23 heavy (non-hydrogen) atoms. The number of pyridine rings is 1. The van der Waals surface area contributed by atoms with Crippen molar-refractivity contribution in [2.24, 2.45) is 0 Å². The molecule has 0 saturated heterocycles. The third kappa shape index (κ3) is 3.84. The van der Waals surface area contributed by atoms with Crippen LogP contribution in [-0.4, -0.2) is 27.0 Å². The average molecular weight is 326 g/mol. The lowest BCUT2D eigenvalue weighted by Gasteiger charge is -2.08. The smallest absolute Gasteiger partial charge is 0.253 e. The van der Waals surface area contributed by atoms with Crippen LogP contribution < -0.4 is 5.32 Å². The van der Waals surface area contributed by atoms with E-state index < -0.39 is 0 Å². The molecule has 0 aliphatic carbocycles. The van der Waals surface area contributed by atoms with Crippen molar-refractivity contribution in [3.63, 3.8) is 0 Å². The molecule has 0 atom stereocenters. The van der Waals surface area contributed by atoms with Gasteiger partial charge in [-0.3, -0.25) is 9.78 Å². The SMILES string of the molecule is Cc1nc(-c2cccs2)ccc1C(=O)NCCCn1ccnc1. The Balaban J connectivity index is 1.56. The van der Waals surface area contributed by atoms with Gasteiger partial charge in [-0.25, -0.2) is 4.98 Å². The second-order valence-corrected chi connectivity index (χ2v) is 6.16. The van der Waals surface area contributed by atoms with Crippen LogP contribution in [0.5, 0.6) is 0 Å². The maximum atomic E-state index is 12.3. The summed E-state index contributed by atoms with van der Waals surface area (Å²) < 4.78 is 1.99. The van der Waals surface area contributed by atoms with E-state index in [4.69, 9.17) is 0 Å². The minimum Gasteiger partial charge on any atom is -0.352 e. The number of rotatable bonds is 6. The molecule has 1 amide bonds. The van der Waals surface area contributed by atoms with E-state index in [0.717, 1.165) is 29.2 Å². The van der Waals surface area contributed by atoms with E-state index in [1.807, 2.05) is 47.3 Å². The fraction of sp³-hybridized carbons (Fsp3) is 0.235. The van der Waals surface area contributed by atoms with E-state index in [1.54, 1.807) is 23.9 Å². The molecule has 1 N–H and O–H groups in total. The van der Waals surface area contributed by atoms with E-state index in [1.165, 1.54) is 0 Å². The Morgan fingerprint density at radius 3 is 2.96 bits per heavy atom. The number of aryl methyl sites for hydroxylation is 2. The minimum absolute atomic E-state index is 0.0710. The van der Waals surface area contributed by atoms with Crippen molar-refractivity contribution in [1.82, 2.24) is 19.9 Å². The molecule has 118 valence electrons. The van der Waals surface area contributed by atoms with Gasteiger partial charge in [-0.05, 0) is 36.9 Å². The lowest BCUT2D eigenvalue weighted by Crippen LogP contribution is -2.26. The van der Waals surface area contributed by atoms with Crippen LogP contribution in [0.25, 0.3) is 10.6 Å². The van der Waals surface area contributed by atoms with Crippen LogP contribution in [0.15, 0.2) is 48.4 Å². The van der Waals surface area contributed by atoms with Crippen molar-refractivity contribution < 1.29 is 4.79 Å². The molecule has 0 bridgehead atoms. The van der Waals surface area contributed by atoms with Crippen LogP contribution in [0.3, 0.4) is 0 Å². The highest BCUT2D eigenvalue weighted by molar-refractivity contribution is 7.13. The molecule has 0 fully saturated rings. The van der Waals surface area contributed by atoms with Gasteiger partial charge in [-0.2, -0.15) is 0 Å². The van der Waals surface area contributed by atoms with Gasteiger partial charge in [0.15, 0.2) is 0 Å². The summed E-state index contributed by atoms with van der Waals surface area (Å²) >= 11 is 1.64. The Kier molecular flexibility index (Phi) is 4.83. The van der Waals surface area contributed by atoms with Crippen LogP contribution >= 0.6 is 11.3 Å². The summed E-state index contributed by atoms with van der Waals surface area (Å²) in [6, 6.07) is 7.78. The number of hydrogen-bond acceptors (Lipinski definition) is 4. The molecule has 0 radical (unpaired) electrons. The summed E-state index contributed by atoms with van der Waals surface area (Å²) in [5.74, 6) is -0.0710. The predicted octanol–water partition coefficient (Wildman–Crippen LogP) is 3.14. The van der Waals surface area contributed by atoms with Gasteiger partial charge in [0, 0.05) is 25.5 Å². The molecule has 3 aromatic heterocycles. The quantitative estimate of drug-likeness (QED) is 0.708. The number of carbonyl (C=O) groups excluding carboxylic acids is 1. The van der Waals surface area contributed by atoms with E-state index in [2.05, 4.69) is 15.3 Å². The number of aromatic nitrogens is 3. The first-order chi connectivity index (χ1) is 11.2. The topological polar surface area (TPSA) is 59.8 Å². The highest BCUT2D eigenvalue weighted by Gasteiger charge is 2.11. The molecule has 3 aromatic rings. The lowest BCUT2D eigenvalue weighted by molar-refractivity contribution is 0.0951. The minimum atomic E-state index is -0.0710. The molecule has 3 rings (SSSR count). The molecule has 0 aliphatic heterocycles.